The molecule has 19 heavy (non-hydrogen) atoms. The van der Waals surface area contributed by atoms with Crippen molar-refractivity contribution in [3.05, 3.63) is 34.4 Å². The molecule has 0 aliphatic rings. The summed E-state index contributed by atoms with van der Waals surface area (Å²) in [5.41, 5.74) is 11.7. The summed E-state index contributed by atoms with van der Waals surface area (Å²) in [4.78, 5) is 2.37. The van der Waals surface area contributed by atoms with Crippen LogP contribution in [0.5, 0.6) is 0 Å². The van der Waals surface area contributed by atoms with Crippen LogP contribution < -0.4 is 5.73 Å². The standard InChI is InChI=1S/C17H30N2/c1-11(2)15(6)19(7)10-16(18)17-13(4)8-12(3)9-14(17)5/h8-9,11,15-16H,10,18H2,1-7H3. The van der Waals surface area contributed by atoms with Gasteiger partial charge in [-0.05, 0) is 57.4 Å². The van der Waals surface area contributed by atoms with E-state index in [2.05, 4.69) is 65.6 Å². The van der Waals surface area contributed by atoms with E-state index in [1.807, 2.05) is 0 Å². The Labute approximate surface area is 119 Å². The number of aryl methyl sites for hydroxylation is 3. The summed E-state index contributed by atoms with van der Waals surface area (Å²) in [5.74, 6) is 0.650. The maximum absolute atomic E-state index is 6.44. The zero-order valence-corrected chi connectivity index (χ0v) is 13.6. The lowest BCUT2D eigenvalue weighted by molar-refractivity contribution is 0.197. The van der Waals surface area contributed by atoms with E-state index in [4.69, 9.17) is 5.73 Å². The van der Waals surface area contributed by atoms with Crippen LogP contribution in [0.2, 0.25) is 0 Å². The average Bonchev–Trinajstić information content (AvgIpc) is 2.25. The van der Waals surface area contributed by atoms with E-state index in [-0.39, 0.29) is 6.04 Å². The quantitative estimate of drug-likeness (QED) is 0.878. The van der Waals surface area contributed by atoms with Crippen LogP contribution in [0, 0.1) is 26.7 Å². The Morgan fingerprint density at radius 3 is 1.95 bits per heavy atom. The molecule has 2 atom stereocenters. The van der Waals surface area contributed by atoms with Crippen molar-refractivity contribution < 1.29 is 0 Å². The number of nitrogens with zero attached hydrogens (tertiary/aromatic N) is 1. The molecule has 2 N–H and O–H groups in total. The Bertz CT molecular complexity index is 400. The van der Waals surface area contributed by atoms with Crippen molar-refractivity contribution in [1.29, 1.82) is 0 Å². The van der Waals surface area contributed by atoms with E-state index in [0.29, 0.717) is 12.0 Å². The lowest BCUT2D eigenvalue weighted by atomic mass is 9.93. The van der Waals surface area contributed by atoms with Crippen molar-refractivity contribution in [2.75, 3.05) is 13.6 Å². The predicted molar refractivity (Wildman–Crippen MR) is 84.5 cm³/mol. The van der Waals surface area contributed by atoms with E-state index in [1.165, 1.54) is 22.3 Å². The highest BCUT2D eigenvalue weighted by atomic mass is 15.1. The van der Waals surface area contributed by atoms with Gasteiger partial charge in [0.1, 0.15) is 0 Å². The molecule has 2 heteroatoms. The molecule has 0 radical (unpaired) electrons. The maximum atomic E-state index is 6.44. The molecule has 1 rings (SSSR count). The van der Waals surface area contributed by atoms with E-state index < -0.39 is 0 Å². The SMILES string of the molecule is Cc1cc(C)c(C(N)CN(C)C(C)C(C)C)c(C)c1. The summed E-state index contributed by atoms with van der Waals surface area (Å²) in [6.45, 7) is 14.2. The number of hydrogen-bond acceptors (Lipinski definition) is 2. The van der Waals surface area contributed by atoms with Gasteiger partial charge in [0.2, 0.25) is 0 Å². The van der Waals surface area contributed by atoms with Crippen LogP contribution >= 0.6 is 0 Å². The van der Waals surface area contributed by atoms with Gasteiger partial charge >= 0.3 is 0 Å². The molecule has 0 aliphatic heterocycles. The molecule has 1 aromatic carbocycles. The lowest BCUT2D eigenvalue weighted by Crippen LogP contribution is -2.38. The Morgan fingerprint density at radius 1 is 1.05 bits per heavy atom. The van der Waals surface area contributed by atoms with Crippen LogP contribution in [0.1, 0.15) is 49.1 Å². The Morgan fingerprint density at radius 2 is 1.53 bits per heavy atom. The van der Waals surface area contributed by atoms with Gasteiger partial charge in [-0.15, -0.1) is 0 Å². The lowest BCUT2D eigenvalue weighted by Gasteiger charge is -2.31. The van der Waals surface area contributed by atoms with Crippen molar-refractivity contribution in [3.8, 4) is 0 Å². The molecule has 1 aromatic rings. The Balaban J connectivity index is 2.87. The third-order valence-electron chi connectivity index (χ3n) is 4.25. The van der Waals surface area contributed by atoms with Gasteiger partial charge in [0.15, 0.2) is 0 Å². The normalized spacial score (nSPS) is 15.1. The second kappa shape index (κ2) is 6.53. The first-order valence-electron chi connectivity index (χ1n) is 7.27. The van der Waals surface area contributed by atoms with Crippen molar-refractivity contribution in [3.63, 3.8) is 0 Å². The van der Waals surface area contributed by atoms with Crippen LogP contribution in [-0.2, 0) is 0 Å². The highest BCUT2D eigenvalue weighted by Gasteiger charge is 2.19. The largest absolute Gasteiger partial charge is 0.323 e. The first-order valence-corrected chi connectivity index (χ1v) is 7.27. The first kappa shape index (κ1) is 16.2. The maximum Gasteiger partial charge on any atom is 0.0429 e. The monoisotopic (exact) mass is 262 g/mol. The molecule has 0 spiro atoms. The number of rotatable bonds is 5. The first-order chi connectivity index (χ1) is 8.73. The number of likely N-dealkylation sites (N-methyl/N-ethyl adjacent to an activating group) is 1. The molecule has 0 saturated carbocycles. The summed E-state index contributed by atoms with van der Waals surface area (Å²) in [7, 11) is 2.17. The molecule has 108 valence electrons. The second-order valence-corrected chi connectivity index (χ2v) is 6.34. The summed E-state index contributed by atoms with van der Waals surface area (Å²) in [5, 5.41) is 0. The van der Waals surface area contributed by atoms with E-state index in [0.717, 1.165) is 6.54 Å². The van der Waals surface area contributed by atoms with Crippen LogP contribution in [-0.4, -0.2) is 24.5 Å². The van der Waals surface area contributed by atoms with Crippen LogP contribution in [0.3, 0.4) is 0 Å². The molecule has 0 aromatic heterocycles. The molecule has 0 bridgehead atoms. The fraction of sp³-hybridized carbons (Fsp3) is 0.647. The van der Waals surface area contributed by atoms with Gasteiger partial charge in [0.05, 0.1) is 0 Å². The summed E-state index contributed by atoms with van der Waals surface area (Å²) < 4.78 is 0. The molecule has 0 amide bonds. The van der Waals surface area contributed by atoms with Crippen LogP contribution in [0.4, 0.5) is 0 Å². The van der Waals surface area contributed by atoms with Crippen LogP contribution in [0.25, 0.3) is 0 Å². The van der Waals surface area contributed by atoms with Gasteiger partial charge in [-0.1, -0.05) is 31.5 Å². The van der Waals surface area contributed by atoms with E-state index in [9.17, 15) is 0 Å². The van der Waals surface area contributed by atoms with Crippen molar-refractivity contribution >= 4 is 0 Å². The smallest absolute Gasteiger partial charge is 0.0429 e. The van der Waals surface area contributed by atoms with Crippen LogP contribution in [0.15, 0.2) is 12.1 Å². The van der Waals surface area contributed by atoms with Gasteiger partial charge in [-0.25, -0.2) is 0 Å². The highest BCUT2D eigenvalue weighted by Crippen LogP contribution is 2.23. The molecular formula is C17H30N2. The van der Waals surface area contributed by atoms with Gasteiger partial charge in [0.25, 0.3) is 0 Å². The highest BCUT2D eigenvalue weighted by molar-refractivity contribution is 5.39. The number of nitrogens with two attached hydrogens (primary N) is 1. The van der Waals surface area contributed by atoms with Crippen molar-refractivity contribution in [1.82, 2.24) is 4.90 Å². The topological polar surface area (TPSA) is 29.3 Å². The van der Waals surface area contributed by atoms with E-state index in [1.54, 1.807) is 0 Å². The average molecular weight is 262 g/mol. The fourth-order valence-electron chi connectivity index (χ4n) is 2.85. The predicted octanol–water partition coefficient (Wildman–Crippen LogP) is 3.59. The zero-order chi connectivity index (χ0) is 14.7. The summed E-state index contributed by atoms with van der Waals surface area (Å²) in [6, 6.07) is 5.10. The molecule has 0 saturated heterocycles. The number of hydrogen-bond donors (Lipinski definition) is 1. The minimum absolute atomic E-state index is 0.0896. The van der Waals surface area contributed by atoms with Gasteiger partial charge in [-0.2, -0.15) is 0 Å². The zero-order valence-electron chi connectivity index (χ0n) is 13.6. The summed E-state index contributed by atoms with van der Waals surface area (Å²) >= 11 is 0. The molecule has 2 nitrogen and oxygen atoms in total. The number of benzene rings is 1. The molecule has 0 heterocycles. The van der Waals surface area contributed by atoms with Crippen molar-refractivity contribution in [2.24, 2.45) is 11.7 Å². The van der Waals surface area contributed by atoms with Gasteiger partial charge < -0.3 is 10.6 Å². The van der Waals surface area contributed by atoms with Gasteiger partial charge in [-0.3, -0.25) is 0 Å². The third-order valence-corrected chi connectivity index (χ3v) is 4.25. The molecule has 0 fully saturated rings. The Hall–Kier alpha value is -0.860. The third kappa shape index (κ3) is 4.05. The summed E-state index contributed by atoms with van der Waals surface area (Å²) in [6.07, 6.45) is 0. The minimum atomic E-state index is 0.0896. The molecular weight excluding hydrogens is 232 g/mol. The van der Waals surface area contributed by atoms with E-state index >= 15 is 0 Å². The molecule has 2 unspecified atom stereocenters. The minimum Gasteiger partial charge on any atom is -0.323 e. The van der Waals surface area contributed by atoms with Gasteiger partial charge in [0, 0.05) is 18.6 Å². The van der Waals surface area contributed by atoms with Crippen molar-refractivity contribution in [2.45, 2.75) is 53.6 Å². The second-order valence-electron chi connectivity index (χ2n) is 6.34. The fourth-order valence-corrected chi connectivity index (χ4v) is 2.85. The Kier molecular flexibility index (Phi) is 5.57. The molecule has 0 aliphatic carbocycles.